The van der Waals surface area contributed by atoms with Crippen molar-refractivity contribution in [3.05, 3.63) is 42.4 Å². The summed E-state index contributed by atoms with van der Waals surface area (Å²) in [5.74, 6) is -0.145. The number of nitrogens with zero attached hydrogens (tertiary/aromatic N) is 2. The predicted octanol–water partition coefficient (Wildman–Crippen LogP) is 2.70. The van der Waals surface area contributed by atoms with Crippen LogP contribution >= 0.6 is 35.2 Å². The van der Waals surface area contributed by atoms with E-state index >= 15 is 0 Å². The van der Waals surface area contributed by atoms with Crippen molar-refractivity contribution >= 4 is 57.6 Å². The molecule has 1 fully saturated rings. The van der Waals surface area contributed by atoms with Gasteiger partial charge in [0.15, 0.2) is 3.95 Å². The van der Waals surface area contributed by atoms with Crippen LogP contribution < -0.4 is 5.56 Å². The monoisotopic (exact) mass is 381 g/mol. The zero-order valence-electron chi connectivity index (χ0n) is 12.4. The first-order valence-electron chi connectivity index (χ1n) is 7.30. The van der Waals surface area contributed by atoms with E-state index in [4.69, 9.17) is 28.6 Å². The fraction of sp³-hybridized carbons (Fsp3) is 0.267. The van der Waals surface area contributed by atoms with Crippen molar-refractivity contribution in [2.75, 3.05) is 26.3 Å². The molecule has 1 aliphatic heterocycles. The molecule has 1 aliphatic rings. The van der Waals surface area contributed by atoms with Crippen molar-refractivity contribution in [1.29, 1.82) is 0 Å². The average Bonchev–Trinajstić information content (AvgIpc) is 2.91. The number of nitrogens with one attached hydrogen (secondary N) is 1. The highest BCUT2D eigenvalue weighted by atomic mass is 35.5. The van der Waals surface area contributed by atoms with E-state index in [0.717, 1.165) is 0 Å². The number of carbonyl (C=O) groups is 1. The number of thiazole rings is 1. The van der Waals surface area contributed by atoms with Crippen LogP contribution in [0.1, 0.15) is 9.67 Å². The maximum atomic E-state index is 12.8. The van der Waals surface area contributed by atoms with Crippen LogP contribution in [0.5, 0.6) is 0 Å². The predicted molar refractivity (Wildman–Crippen MR) is 96.0 cm³/mol. The van der Waals surface area contributed by atoms with E-state index < -0.39 is 0 Å². The Balaban J connectivity index is 1.98. The second-order valence-electron chi connectivity index (χ2n) is 5.40. The van der Waals surface area contributed by atoms with E-state index in [0.29, 0.717) is 56.7 Å². The average molecular weight is 382 g/mol. The van der Waals surface area contributed by atoms with E-state index in [-0.39, 0.29) is 11.5 Å². The first-order valence-corrected chi connectivity index (χ1v) is 8.90. The van der Waals surface area contributed by atoms with Crippen molar-refractivity contribution in [2.24, 2.45) is 0 Å². The van der Waals surface area contributed by atoms with Gasteiger partial charge >= 0.3 is 0 Å². The van der Waals surface area contributed by atoms with Gasteiger partial charge in [0, 0.05) is 18.1 Å². The number of amides is 1. The number of hydrogen-bond donors (Lipinski definition) is 1. The van der Waals surface area contributed by atoms with Crippen LogP contribution in [0.25, 0.3) is 16.6 Å². The molecule has 0 spiro atoms. The van der Waals surface area contributed by atoms with Crippen LogP contribution in [0.4, 0.5) is 0 Å². The van der Waals surface area contributed by atoms with Crippen LogP contribution in [0.3, 0.4) is 0 Å². The normalized spacial score (nSPS) is 15.3. The third-order valence-corrected chi connectivity index (χ3v) is 5.58. The van der Waals surface area contributed by atoms with Gasteiger partial charge in [-0.15, -0.1) is 0 Å². The standard InChI is InChI=1S/C15H12ClN3O3S2/c16-8-1-2-9-10(7-8)19-12(17-13(9)20)11(24-15(19)23)14(21)18-3-5-22-6-4-18/h1-2,7H,3-6H2,(H,17,20). The van der Waals surface area contributed by atoms with Gasteiger partial charge in [-0.1, -0.05) is 22.9 Å². The number of rotatable bonds is 1. The summed E-state index contributed by atoms with van der Waals surface area (Å²) >= 11 is 12.7. The van der Waals surface area contributed by atoms with Gasteiger partial charge in [-0.05, 0) is 30.4 Å². The highest BCUT2D eigenvalue weighted by molar-refractivity contribution is 7.73. The van der Waals surface area contributed by atoms with Crippen molar-refractivity contribution < 1.29 is 9.53 Å². The minimum Gasteiger partial charge on any atom is -0.378 e. The summed E-state index contributed by atoms with van der Waals surface area (Å²) in [5.41, 5.74) is 0.746. The Hall–Kier alpha value is -1.74. The van der Waals surface area contributed by atoms with Gasteiger partial charge in [-0.25, -0.2) is 0 Å². The molecule has 0 atom stereocenters. The number of fused-ring (bicyclic) bond motifs is 3. The van der Waals surface area contributed by atoms with Gasteiger partial charge in [0.2, 0.25) is 0 Å². The molecule has 0 radical (unpaired) electrons. The van der Waals surface area contributed by atoms with E-state index in [2.05, 4.69) is 4.98 Å². The smallest absolute Gasteiger partial charge is 0.267 e. The number of aromatic nitrogens is 2. The van der Waals surface area contributed by atoms with Crippen LogP contribution in [0.15, 0.2) is 23.0 Å². The van der Waals surface area contributed by atoms with Gasteiger partial charge in [0.05, 0.1) is 24.1 Å². The van der Waals surface area contributed by atoms with Gasteiger partial charge in [-0.2, -0.15) is 0 Å². The number of ether oxygens (including phenoxy) is 1. The number of benzene rings is 1. The van der Waals surface area contributed by atoms with E-state index in [1.807, 2.05) is 0 Å². The molecule has 0 unspecified atom stereocenters. The summed E-state index contributed by atoms with van der Waals surface area (Å²) in [6.07, 6.45) is 0. The molecule has 24 heavy (non-hydrogen) atoms. The third-order valence-electron chi connectivity index (χ3n) is 3.98. The summed E-state index contributed by atoms with van der Waals surface area (Å²) in [6, 6.07) is 4.99. The lowest BCUT2D eigenvalue weighted by Crippen LogP contribution is -2.40. The van der Waals surface area contributed by atoms with Gasteiger partial charge < -0.3 is 14.6 Å². The second kappa shape index (κ2) is 5.96. The maximum absolute atomic E-state index is 12.8. The summed E-state index contributed by atoms with van der Waals surface area (Å²) in [4.78, 5) is 30.1. The quantitative estimate of drug-likeness (QED) is 0.658. The minimum absolute atomic E-state index is 0.145. The molecule has 9 heteroatoms. The molecule has 2 aromatic heterocycles. The van der Waals surface area contributed by atoms with Gasteiger partial charge in [-0.3, -0.25) is 14.0 Å². The third kappa shape index (κ3) is 2.46. The Morgan fingerprint density at radius 2 is 2.08 bits per heavy atom. The molecule has 1 aromatic carbocycles. The molecule has 1 N–H and O–H groups in total. The SMILES string of the molecule is O=C(c1sc(=S)n2c1[nH]c(=O)c1ccc(Cl)cc12)N1CCOCC1. The number of hydrogen-bond acceptors (Lipinski definition) is 5. The molecule has 1 saturated heterocycles. The first-order chi connectivity index (χ1) is 11.6. The molecule has 3 aromatic rings. The highest BCUT2D eigenvalue weighted by Crippen LogP contribution is 2.25. The van der Waals surface area contributed by atoms with Crippen molar-refractivity contribution in [3.8, 4) is 0 Å². The van der Waals surface area contributed by atoms with E-state index in [1.165, 1.54) is 11.3 Å². The summed E-state index contributed by atoms with van der Waals surface area (Å²) in [7, 11) is 0. The Morgan fingerprint density at radius 3 is 2.83 bits per heavy atom. The first kappa shape index (κ1) is 15.8. The Morgan fingerprint density at radius 1 is 1.33 bits per heavy atom. The molecular weight excluding hydrogens is 370 g/mol. The van der Waals surface area contributed by atoms with Crippen molar-refractivity contribution in [1.82, 2.24) is 14.3 Å². The number of morpholine rings is 1. The molecule has 0 bridgehead atoms. The zero-order valence-corrected chi connectivity index (χ0v) is 14.8. The van der Waals surface area contributed by atoms with Crippen LogP contribution in [0.2, 0.25) is 5.02 Å². The minimum atomic E-state index is -0.273. The fourth-order valence-corrected chi connectivity index (χ4v) is 4.33. The zero-order chi connectivity index (χ0) is 16.8. The van der Waals surface area contributed by atoms with Crippen LogP contribution in [-0.4, -0.2) is 46.5 Å². The molecule has 1 amide bonds. The molecule has 3 heterocycles. The number of carbonyl (C=O) groups excluding carboxylic acids is 1. The highest BCUT2D eigenvalue weighted by Gasteiger charge is 2.24. The molecule has 0 saturated carbocycles. The molecule has 0 aliphatic carbocycles. The van der Waals surface area contributed by atoms with E-state index in [1.54, 1.807) is 27.5 Å². The molecule has 6 nitrogen and oxygen atoms in total. The van der Waals surface area contributed by atoms with Crippen LogP contribution in [0, 0.1) is 3.95 Å². The maximum Gasteiger partial charge on any atom is 0.267 e. The lowest BCUT2D eigenvalue weighted by Gasteiger charge is -2.26. The number of aromatic amines is 1. The summed E-state index contributed by atoms with van der Waals surface area (Å²) < 4.78 is 7.48. The van der Waals surface area contributed by atoms with Gasteiger partial charge in [0.25, 0.3) is 11.5 Å². The summed E-state index contributed by atoms with van der Waals surface area (Å²) in [5, 5.41) is 0.981. The molecule has 4 rings (SSSR count). The topological polar surface area (TPSA) is 66.8 Å². The Kier molecular flexibility index (Phi) is 3.92. The number of halogens is 1. The van der Waals surface area contributed by atoms with Crippen molar-refractivity contribution in [2.45, 2.75) is 0 Å². The fourth-order valence-electron chi connectivity index (χ4n) is 2.82. The Labute approximate surface area is 150 Å². The molecular formula is C15H12ClN3O3S2. The summed E-state index contributed by atoms with van der Waals surface area (Å²) in [6.45, 7) is 2.08. The lowest BCUT2D eigenvalue weighted by atomic mass is 10.2. The van der Waals surface area contributed by atoms with Crippen LogP contribution in [-0.2, 0) is 4.74 Å². The molecule has 124 valence electrons. The lowest BCUT2D eigenvalue weighted by molar-refractivity contribution is 0.0307. The number of H-pyrrole nitrogens is 1. The Bertz CT molecular complexity index is 1080. The largest absolute Gasteiger partial charge is 0.378 e. The van der Waals surface area contributed by atoms with E-state index in [9.17, 15) is 9.59 Å². The second-order valence-corrected chi connectivity index (χ2v) is 7.48. The van der Waals surface area contributed by atoms with Gasteiger partial charge in [0.1, 0.15) is 10.5 Å². The van der Waals surface area contributed by atoms with Crippen molar-refractivity contribution in [3.63, 3.8) is 0 Å².